The molecule has 0 N–H and O–H groups in total. The van der Waals surface area contributed by atoms with Crippen LogP contribution >= 0.6 is 0 Å². The second kappa shape index (κ2) is 7.62. The minimum atomic E-state index is -0.527. The average Bonchev–Trinajstić information content (AvgIpc) is 3.54. The molecule has 1 aliphatic carbocycles. The van der Waals surface area contributed by atoms with Crippen LogP contribution in [0.4, 0.5) is 10.1 Å². The number of non-ortho nitro benzene ring substituents is 1. The van der Waals surface area contributed by atoms with Gasteiger partial charge in [0.2, 0.25) is 5.91 Å². The lowest BCUT2D eigenvalue weighted by molar-refractivity contribution is -0.384. The molecule has 1 heterocycles. The summed E-state index contributed by atoms with van der Waals surface area (Å²) in [5.74, 6) is -0.438. The molecule has 0 spiro atoms. The van der Waals surface area contributed by atoms with E-state index in [1.807, 2.05) is 0 Å². The maximum Gasteiger partial charge on any atom is 0.270 e. The van der Waals surface area contributed by atoms with Gasteiger partial charge < -0.3 is 9.80 Å². The van der Waals surface area contributed by atoms with E-state index in [9.17, 15) is 24.1 Å². The molecule has 2 aromatic rings. The van der Waals surface area contributed by atoms with E-state index < -0.39 is 4.92 Å². The number of rotatable bonds is 4. The Bertz CT molecular complexity index is 955. The Hall–Kier alpha value is -3.29. The summed E-state index contributed by atoms with van der Waals surface area (Å²) in [7, 11) is 0. The van der Waals surface area contributed by atoms with Gasteiger partial charge in [0.05, 0.1) is 4.92 Å². The first-order chi connectivity index (χ1) is 13.9. The molecule has 29 heavy (non-hydrogen) atoms. The Labute approximate surface area is 166 Å². The lowest BCUT2D eigenvalue weighted by atomic mass is 10.1. The normalized spacial score (nSPS) is 21.0. The van der Waals surface area contributed by atoms with Gasteiger partial charge in [-0.3, -0.25) is 19.7 Å². The molecule has 0 radical (unpaired) electrons. The van der Waals surface area contributed by atoms with Crippen molar-refractivity contribution in [3.05, 3.63) is 75.6 Å². The van der Waals surface area contributed by atoms with Crippen LogP contribution in [0.1, 0.15) is 28.3 Å². The van der Waals surface area contributed by atoms with Crippen LogP contribution in [0.5, 0.6) is 0 Å². The SMILES string of the molecule is O=C(c1cccc([N+](=O)[O-])c1)N1CCN(C(=O)C2CC2c2ccc(F)cc2)CC1. The minimum Gasteiger partial charge on any atom is -0.339 e. The molecule has 1 saturated carbocycles. The Morgan fingerprint density at radius 2 is 1.66 bits per heavy atom. The number of piperazine rings is 1. The van der Waals surface area contributed by atoms with E-state index in [-0.39, 0.29) is 40.7 Å². The lowest BCUT2D eigenvalue weighted by Crippen LogP contribution is -2.51. The smallest absolute Gasteiger partial charge is 0.270 e. The molecule has 2 aromatic carbocycles. The quantitative estimate of drug-likeness (QED) is 0.587. The fraction of sp³-hybridized carbons (Fsp3) is 0.333. The van der Waals surface area contributed by atoms with Gasteiger partial charge in [0.15, 0.2) is 0 Å². The molecular weight excluding hydrogens is 377 g/mol. The topological polar surface area (TPSA) is 83.8 Å². The van der Waals surface area contributed by atoms with E-state index in [2.05, 4.69) is 0 Å². The molecule has 0 bridgehead atoms. The van der Waals surface area contributed by atoms with Crippen molar-refractivity contribution >= 4 is 17.5 Å². The number of carbonyl (C=O) groups is 2. The van der Waals surface area contributed by atoms with Gasteiger partial charge in [-0.15, -0.1) is 0 Å². The van der Waals surface area contributed by atoms with Crippen LogP contribution in [-0.4, -0.2) is 52.7 Å². The van der Waals surface area contributed by atoms with Crippen molar-refractivity contribution in [2.75, 3.05) is 26.2 Å². The molecular formula is C21H20FN3O4. The monoisotopic (exact) mass is 397 g/mol. The Morgan fingerprint density at radius 1 is 1.00 bits per heavy atom. The second-order valence-electron chi connectivity index (χ2n) is 7.43. The average molecular weight is 397 g/mol. The molecule has 1 aliphatic heterocycles. The van der Waals surface area contributed by atoms with Gasteiger partial charge in [-0.1, -0.05) is 18.2 Å². The van der Waals surface area contributed by atoms with Crippen molar-refractivity contribution in [1.29, 1.82) is 0 Å². The maximum atomic E-state index is 13.1. The predicted octanol–water partition coefficient (Wildman–Crippen LogP) is 2.82. The number of hydrogen-bond donors (Lipinski definition) is 0. The molecule has 2 atom stereocenters. The summed E-state index contributed by atoms with van der Waals surface area (Å²) in [4.78, 5) is 39.1. The summed E-state index contributed by atoms with van der Waals surface area (Å²) in [6.07, 6.45) is 0.761. The zero-order chi connectivity index (χ0) is 20.5. The summed E-state index contributed by atoms with van der Waals surface area (Å²) < 4.78 is 13.1. The number of nitro groups is 1. The Balaban J connectivity index is 1.33. The highest BCUT2D eigenvalue weighted by molar-refractivity contribution is 5.95. The molecule has 150 valence electrons. The first-order valence-corrected chi connectivity index (χ1v) is 9.52. The van der Waals surface area contributed by atoms with Gasteiger partial charge in [0, 0.05) is 49.8 Å². The fourth-order valence-corrected chi connectivity index (χ4v) is 3.85. The van der Waals surface area contributed by atoms with Crippen molar-refractivity contribution in [1.82, 2.24) is 9.80 Å². The third-order valence-corrected chi connectivity index (χ3v) is 5.59. The minimum absolute atomic E-state index is 0.0711. The highest BCUT2D eigenvalue weighted by Gasteiger charge is 2.46. The third-order valence-electron chi connectivity index (χ3n) is 5.59. The predicted molar refractivity (Wildman–Crippen MR) is 103 cm³/mol. The Kier molecular flexibility index (Phi) is 5.00. The van der Waals surface area contributed by atoms with Gasteiger partial charge in [-0.25, -0.2) is 4.39 Å². The van der Waals surface area contributed by atoms with Crippen molar-refractivity contribution < 1.29 is 18.9 Å². The molecule has 4 rings (SSSR count). The van der Waals surface area contributed by atoms with Crippen LogP contribution in [0, 0.1) is 21.8 Å². The van der Waals surface area contributed by atoms with Crippen LogP contribution in [0.15, 0.2) is 48.5 Å². The molecule has 2 aliphatic rings. The van der Waals surface area contributed by atoms with Crippen molar-refractivity contribution in [2.45, 2.75) is 12.3 Å². The van der Waals surface area contributed by atoms with Crippen LogP contribution in [-0.2, 0) is 4.79 Å². The van der Waals surface area contributed by atoms with E-state index in [0.717, 1.165) is 12.0 Å². The molecule has 1 saturated heterocycles. The van der Waals surface area contributed by atoms with Gasteiger partial charge in [0.25, 0.3) is 11.6 Å². The number of nitro benzene ring substituents is 1. The third kappa shape index (κ3) is 3.96. The van der Waals surface area contributed by atoms with E-state index in [0.29, 0.717) is 26.2 Å². The van der Waals surface area contributed by atoms with Gasteiger partial charge in [-0.05, 0) is 36.1 Å². The first kappa shape index (κ1) is 19.0. The summed E-state index contributed by atoms with van der Waals surface area (Å²) in [6.45, 7) is 1.65. The highest BCUT2D eigenvalue weighted by Crippen LogP contribution is 2.48. The highest BCUT2D eigenvalue weighted by atomic mass is 19.1. The fourth-order valence-electron chi connectivity index (χ4n) is 3.85. The van der Waals surface area contributed by atoms with Crippen molar-refractivity contribution in [2.24, 2.45) is 5.92 Å². The molecule has 0 aromatic heterocycles. The molecule has 7 nitrogen and oxygen atoms in total. The number of amides is 2. The van der Waals surface area contributed by atoms with Gasteiger partial charge in [-0.2, -0.15) is 0 Å². The standard InChI is InChI=1S/C21H20FN3O4/c22-16-6-4-14(5-7-16)18-13-19(18)21(27)24-10-8-23(9-11-24)20(26)15-2-1-3-17(12-15)25(28)29/h1-7,12,18-19H,8-11,13H2. The van der Waals surface area contributed by atoms with Crippen molar-refractivity contribution in [3.63, 3.8) is 0 Å². The largest absolute Gasteiger partial charge is 0.339 e. The maximum absolute atomic E-state index is 13.1. The van der Waals surface area contributed by atoms with Crippen LogP contribution < -0.4 is 0 Å². The molecule has 8 heteroatoms. The van der Waals surface area contributed by atoms with E-state index in [1.54, 1.807) is 28.0 Å². The molecule has 2 unspecified atom stereocenters. The molecule has 2 amide bonds. The van der Waals surface area contributed by atoms with E-state index >= 15 is 0 Å². The number of carbonyl (C=O) groups excluding carboxylic acids is 2. The number of hydrogen-bond acceptors (Lipinski definition) is 4. The van der Waals surface area contributed by atoms with E-state index in [4.69, 9.17) is 0 Å². The van der Waals surface area contributed by atoms with Gasteiger partial charge >= 0.3 is 0 Å². The van der Waals surface area contributed by atoms with Crippen molar-refractivity contribution in [3.8, 4) is 0 Å². The first-order valence-electron chi connectivity index (χ1n) is 9.52. The summed E-state index contributed by atoms with van der Waals surface area (Å²) >= 11 is 0. The summed E-state index contributed by atoms with van der Waals surface area (Å²) in [5.41, 5.74) is 1.13. The van der Waals surface area contributed by atoms with Gasteiger partial charge in [0.1, 0.15) is 5.82 Å². The van der Waals surface area contributed by atoms with E-state index in [1.165, 1.54) is 30.3 Å². The molecule has 2 fully saturated rings. The zero-order valence-corrected chi connectivity index (χ0v) is 15.7. The number of halogens is 1. The zero-order valence-electron chi connectivity index (χ0n) is 15.7. The lowest BCUT2D eigenvalue weighted by Gasteiger charge is -2.35. The Morgan fingerprint density at radius 3 is 2.31 bits per heavy atom. The van der Waals surface area contributed by atoms with Crippen LogP contribution in [0.3, 0.4) is 0 Å². The number of nitrogens with zero attached hydrogens (tertiary/aromatic N) is 3. The summed E-state index contributed by atoms with van der Waals surface area (Å²) in [5, 5.41) is 10.9. The number of benzene rings is 2. The second-order valence-corrected chi connectivity index (χ2v) is 7.43. The summed E-state index contributed by atoms with van der Waals surface area (Å²) in [6, 6.07) is 11.9. The van der Waals surface area contributed by atoms with Crippen LogP contribution in [0.25, 0.3) is 0 Å². The van der Waals surface area contributed by atoms with Crippen LogP contribution in [0.2, 0.25) is 0 Å².